The highest BCUT2D eigenvalue weighted by Crippen LogP contribution is 2.28. The molecule has 0 spiro atoms. The van der Waals surface area contributed by atoms with E-state index >= 15 is 0 Å². The van der Waals surface area contributed by atoms with Crippen LogP contribution in [0.3, 0.4) is 0 Å². The van der Waals surface area contributed by atoms with Crippen LogP contribution in [0.15, 0.2) is 30.3 Å². The number of aromatic hydroxyl groups is 2. The van der Waals surface area contributed by atoms with Crippen molar-refractivity contribution in [1.82, 2.24) is 0 Å². The minimum absolute atomic E-state index is 0.215. The molecule has 20 heavy (non-hydrogen) atoms. The van der Waals surface area contributed by atoms with Gasteiger partial charge in [-0.1, -0.05) is 11.6 Å². The van der Waals surface area contributed by atoms with E-state index in [0.29, 0.717) is 16.4 Å². The highest BCUT2D eigenvalue weighted by atomic mass is 35.5. The standard InChI is InChI=1S/C14H13ClN2O3/c1-7-4-10(16)9(15)6-11(7)17-14(20)8-2-3-12(18)13(19)5-8/h2-6,18-19H,16H2,1H3,(H,17,20). The largest absolute Gasteiger partial charge is 0.504 e. The van der Waals surface area contributed by atoms with Crippen molar-refractivity contribution >= 4 is 28.9 Å². The molecule has 0 unspecified atom stereocenters. The van der Waals surface area contributed by atoms with Gasteiger partial charge < -0.3 is 21.3 Å². The van der Waals surface area contributed by atoms with E-state index in [4.69, 9.17) is 17.3 Å². The predicted octanol–water partition coefficient (Wildman–Crippen LogP) is 2.89. The first-order valence-electron chi connectivity index (χ1n) is 5.77. The topological polar surface area (TPSA) is 95.6 Å². The average molecular weight is 293 g/mol. The zero-order valence-corrected chi connectivity index (χ0v) is 11.4. The quantitative estimate of drug-likeness (QED) is 0.505. The van der Waals surface area contributed by atoms with Gasteiger partial charge in [0.05, 0.1) is 10.7 Å². The number of hydrogen-bond donors (Lipinski definition) is 4. The summed E-state index contributed by atoms with van der Waals surface area (Å²) >= 11 is 5.91. The molecule has 0 fully saturated rings. The van der Waals surface area contributed by atoms with E-state index in [2.05, 4.69) is 5.32 Å². The van der Waals surface area contributed by atoms with E-state index in [1.54, 1.807) is 19.1 Å². The van der Waals surface area contributed by atoms with E-state index in [9.17, 15) is 15.0 Å². The van der Waals surface area contributed by atoms with Crippen molar-refractivity contribution in [2.75, 3.05) is 11.1 Å². The lowest BCUT2D eigenvalue weighted by Crippen LogP contribution is -2.12. The lowest BCUT2D eigenvalue weighted by molar-refractivity contribution is 0.102. The van der Waals surface area contributed by atoms with Gasteiger partial charge in [0.1, 0.15) is 0 Å². The first kappa shape index (κ1) is 14.0. The van der Waals surface area contributed by atoms with Crippen LogP contribution in [0.1, 0.15) is 15.9 Å². The summed E-state index contributed by atoms with van der Waals surface area (Å²) in [6.07, 6.45) is 0. The van der Waals surface area contributed by atoms with Crippen LogP contribution in [-0.2, 0) is 0 Å². The van der Waals surface area contributed by atoms with E-state index in [0.717, 1.165) is 5.56 Å². The normalized spacial score (nSPS) is 10.3. The van der Waals surface area contributed by atoms with Gasteiger partial charge in [0.15, 0.2) is 11.5 Å². The fraction of sp³-hybridized carbons (Fsp3) is 0.0714. The van der Waals surface area contributed by atoms with E-state index in [-0.39, 0.29) is 17.1 Å². The number of rotatable bonds is 2. The molecule has 0 bridgehead atoms. The smallest absolute Gasteiger partial charge is 0.255 e. The Morgan fingerprint density at radius 2 is 1.90 bits per heavy atom. The molecule has 0 radical (unpaired) electrons. The molecule has 0 saturated carbocycles. The van der Waals surface area contributed by atoms with Gasteiger partial charge in [0.25, 0.3) is 5.91 Å². The third kappa shape index (κ3) is 2.78. The minimum Gasteiger partial charge on any atom is -0.504 e. The summed E-state index contributed by atoms with van der Waals surface area (Å²) in [4.78, 5) is 12.0. The fourth-order valence-electron chi connectivity index (χ4n) is 1.70. The van der Waals surface area contributed by atoms with Crippen LogP contribution in [0.4, 0.5) is 11.4 Å². The number of phenolic OH excluding ortho intramolecular Hbond substituents is 2. The second-order valence-corrected chi connectivity index (χ2v) is 4.75. The number of nitrogens with two attached hydrogens (primary N) is 1. The van der Waals surface area contributed by atoms with Crippen LogP contribution in [0, 0.1) is 6.92 Å². The molecular weight excluding hydrogens is 280 g/mol. The van der Waals surface area contributed by atoms with Gasteiger partial charge in [0, 0.05) is 11.3 Å². The molecule has 0 heterocycles. The Morgan fingerprint density at radius 1 is 1.20 bits per heavy atom. The number of carbonyl (C=O) groups excluding carboxylic acids is 1. The van der Waals surface area contributed by atoms with Crippen molar-refractivity contribution in [2.45, 2.75) is 6.92 Å². The number of phenols is 2. The van der Waals surface area contributed by atoms with Crippen LogP contribution in [-0.4, -0.2) is 16.1 Å². The summed E-state index contributed by atoms with van der Waals surface area (Å²) in [5.74, 6) is -1.07. The molecule has 0 aliphatic heterocycles. The van der Waals surface area contributed by atoms with Gasteiger partial charge in [-0.05, 0) is 42.8 Å². The SMILES string of the molecule is Cc1cc(N)c(Cl)cc1NC(=O)c1ccc(O)c(O)c1. The second kappa shape index (κ2) is 5.30. The van der Waals surface area contributed by atoms with Gasteiger partial charge in [-0.25, -0.2) is 0 Å². The lowest BCUT2D eigenvalue weighted by atomic mass is 10.1. The second-order valence-electron chi connectivity index (χ2n) is 4.35. The third-order valence-corrected chi connectivity index (χ3v) is 3.16. The van der Waals surface area contributed by atoms with Crippen LogP contribution in [0.25, 0.3) is 0 Å². The third-order valence-electron chi connectivity index (χ3n) is 2.83. The Balaban J connectivity index is 2.27. The Bertz CT molecular complexity index is 686. The van der Waals surface area contributed by atoms with E-state index < -0.39 is 5.91 Å². The number of carbonyl (C=O) groups is 1. The Hall–Kier alpha value is -2.40. The molecule has 2 rings (SSSR count). The van der Waals surface area contributed by atoms with Gasteiger partial charge in [0.2, 0.25) is 0 Å². The summed E-state index contributed by atoms with van der Waals surface area (Å²) in [5.41, 5.74) is 7.61. The molecular formula is C14H13ClN2O3. The minimum atomic E-state index is -0.427. The first-order chi connectivity index (χ1) is 9.38. The highest BCUT2D eigenvalue weighted by Gasteiger charge is 2.11. The maximum atomic E-state index is 12.0. The number of nitrogens with one attached hydrogen (secondary N) is 1. The molecule has 5 N–H and O–H groups in total. The first-order valence-corrected chi connectivity index (χ1v) is 6.15. The number of aryl methyl sites for hydroxylation is 1. The summed E-state index contributed by atoms with van der Waals surface area (Å²) in [6.45, 7) is 1.79. The molecule has 0 atom stereocenters. The molecule has 6 heteroatoms. The lowest BCUT2D eigenvalue weighted by Gasteiger charge is -2.11. The number of hydrogen-bond acceptors (Lipinski definition) is 4. The molecule has 0 aromatic heterocycles. The van der Waals surface area contributed by atoms with Crippen molar-refractivity contribution < 1.29 is 15.0 Å². The predicted molar refractivity (Wildman–Crippen MR) is 78.3 cm³/mol. The highest BCUT2D eigenvalue weighted by molar-refractivity contribution is 6.33. The molecule has 104 valence electrons. The van der Waals surface area contributed by atoms with Crippen molar-refractivity contribution in [1.29, 1.82) is 0 Å². The summed E-state index contributed by atoms with van der Waals surface area (Å²) in [7, 11) is 0. The summed E-state index contributed by atoms with van der Waals surface area (Å²) in [5, 5.41) is 21.6. The molecule has 5 nitrogen and oxygen atoms in total. The Labute approximate surface area is 120 Å². The fourth-order valence-corrected chi connectivity index (χ4v) is 1.86. The maximum absolute atomic E-state index is 12.0. The number of halogens is 1. The monoisotopic (exact) mass is 292 g/mol. The molecule has 0 aliphatic rings. The maximum Gasteiger partial charge on any atom is 0.255 e. The molecule has 0 saturated heterocycles. The molecule has 0 aliphatic carbocycles. The van der Waals surface area contributed by atoms with Gasteiger partial charge >= 0.3 is 0 Å². The van der Waals surface area contributed by atoms with E-state index in [1.165, 1.54) is 18.2 Å². The number of amides is 1. The zero-order valence-electron chi connectivity index (χ0n) is 10.6. The van der Waals surface area contributed by atoms with Crippen LogP contribution in [0.5, 0.6) is 11.5 Å². The summed E-state index contributed by atoms with van der Waals surface area (Å²) in [6, 6.07) is 7.04. The van der Waals surface area contributed by atoms with Gasteiger partial charge in [-0.3, -0.25) is 4.79 Å². The Morgan fingerprint density at radius 3 is 2.55 bits per heavy atom. The van der Waals surface area contributed by atoms with E-state index in [1.807, 2.05) is 0 Å². The van der Waals surface area contributed by atoms with Crippen LogP contribution < -0.4 is 11.1 Å². The molecule has 2 aromatic rings. The molecule has 1 amide bonds. The van der Waals surface area contributed by atoms with Crippen molar-refractivity contribution in [3.05, 3.63) is 46.5 Å². The van der Waals surface area contributed by atoms with Gasteiger partial charge in [-0.15, -0.1) is 0 Å². The van der Waals surface area contributed by atoms with Crippen molar-refractivity contribution in [2.24, 2.45) is 0 Å². The van der Waals surface area contributed by atoms with Gasteiger partial charge in [-0.2, -0.15) is 0 Å². The van der Waals surface area contributed by atoms with Crippen LogP contribution >= 0.6 is 11.6 Å². The Kier molecular flexibility index (Phi) is 3.72. The average Bonchev–Trinajstić information content (AvgIpc) is 2.39. The number of benzene rings is 2. The van der Waals surface area contributed by atoms with Crippen molar-refractivity contribution in [3.8, 4) is 11.5 Å². The number of anilines is 2. The summed E-state index contributed by atoms with van der Waals surface area (Å²) < 4.78 is 0. The van der Waals surface area contributed by atoms with Crippen LogP contribution in [0.2, 0.25) is 5.02 Å². The van der Waals surface area contributed by atoms with Crippen molar-refractivity contribution in [3.63, 3.8) is 0 Å². The zero-order chi connectivity index (χ0) is 14.9. The molecule has 2 aromatic carbocycles. The number of nitrogen functional groups attached to an aromatic ring is 1.